The zero-order chi connectivity index (χ0) is 22.7. The molecule has 0 unspecified atom stereocenters. The molecule has 0 heterocycles. The Balaban J connectivity index is 1.93. The molecule has 1 aromatic rings. The highest BCUT2D eigenvalue weighted by molar-refractivity contribution is 5.95. The van der Waals surface area contributed by atoms with E-state index in [0.717, 1.165) is 19.4 Å². The Morgan fingerprint density at radius 1 is 0.645 bits per heavy atom. The second-order valence-electron chi connectivity index (χ2n) is 8.91. The average Bonchev–Trinajstić information content (AvgIpc) is 2.78. The minimum absolute atomic E-state index is 0.0436. The molecule has 1 N–H and O–H groups in total. The maximum atomic E-state index is 12.4. The molecular formula is C27H45NO3. The summed E-state index contributed by atoms with van der Waals surface area (Å²) in [6, 6.07) is 6.15. The van der Waals surface area contributed by atoms with Crippen LogP contribution in [0.15, 0.2) is 24.3 Å². The van der Waals surface area contributed by atoms with Crippen molar-refractivity contribution in [1.82, 2.24) is 4.90 Å². The van der Waals surface area contributed by atoms with Crippen LogP contribution in [0.2, 0.25) is 0 Å². The van der Waals surface area contributed by atoms with Crippen molar-refractivity contribution in [3.63, 3.8) is 0 Å². The number of benzene rings is 1. The fourth-order valence-corrected chi connectivity index (χ4v) is 3.97. The molecule has 1 rings (SSSR count). The van der Waals surface area contributed by atoms with Crippen LogP contribution in [0, 0.1) is 0 Å². The first-order valence-corrected chi connectivity index (χ1v) is 12.6. The zero-order valence-electron chi connectivity index (χ0n) is 20.0. The number of unbranched alkanes of at least 4 members (excludes halogenated alkanes) is 15. The monoisotopic (exact) mass is 431 g/mol. The Hall–Kier alpha value is -1.84. The van der Waals surface area contributed by atoms with Crippen molar-refractivity contribution >= 4 is 11.9 Å². The van der Waals surface area contributed by atoms with Gasteiger partial charge in [-0.15, -0.1) is 0 Å². The van der Waals surface area contributed by atoms with Gasteiger partial charge in [-0.3, -0.25) is 4.79 Å². The van der Waals surface area contributed by atoms with Crippen molar-refractivity contribution in [2.75, 3.05) is 13.6 Å². The van der Waals surface area contributed by atoms with Gasteiger partial charge in [-0.1, -0.05) is 103 Å². The highest BCUT2D eigenvalue weighted by Crippen LogP contribution is 2.14. The third-order valence-corrected chi connectivity index (χ3v) is 6.07. The van der Waals surface area contributed by atoms with Crippen molar-refractivity contribution in [2.24, 2.45) is 0 Å². The molecule has 0 saturated carbocycles. The van der Waals surface area contributed by atoms with Gasteiger partial charge in [-0.25, -0.2) is 4.79 Å². The molecule has 0 radical (unpaired) electrons. The number of rotatable bonds is 19. The fourth-order valence-electron chi connectivity index (χ4n) is 3.97. The molecule has 31 heavy (non-hydrogen) atoms. The van der Waals surface area contributed by atoms with Crippen molar-refractivity contribution in [1.29, 1.82) is 0 Å². The third-order valence-electron chi connectivity index (χ3n) is 6.07. The summed E-state index contributed by atoms with van der Waals surface area (Å²) in [7, 11) is 1.82. The number of hydrogen-bond donors (Lipinski definition) is 1. The van der Waals surface area contributed by atoms with E-state index in [0.29, 0.717) is 5.56 Å². The van der Waals surface area contributed by atoms with Crippen LogP contribution >= 0.6 is 0 Å². The molecule has 0 saturated heterocycles. The molecule has 0 spiro atoms. The van der Waals surface area contributed by atoms with Gasteiger partial charge in [-0.2, -0.15) is 0 Å². The van der Waals surface area contributed by atoms with E-state index in [-0.39, 0.29) is 11.5 Å². The Labute approximate surface area is 190 Å². The summed E-state index contributed by atoms with van der Waals surface area (Å²) in [6.07, 6.45) is 21.5. The fraction of sp³-hybridized carbons (Fsp3) is 0.704. The predicted molar refractivity (Wildman–Crippen MR) is 130 cm³/mol. The molecular weight excluding hydrogens is 386 g/mol. The van der Waals surface area contributed by atoms with Crippen LogP contribution in [-0.4, -0.2) is 35.5 Å². The van der Waals surface area contributed by atoms with Crippen LogP contribution in [0.25, 0.3) is 0 Å². The maximum absolute atomic E-state index is 12.4. The Bertz CT molecular complexity index is 597. The molecule has 0 bridgehead atoms. The average molecular weight is 432 g/mol. The number of carboxylic acids is 1. The van der Waals surface area contributed by atoms with Gasteiger partial charge in [0, 0.05) is 19.2 Å². The molecule has 0 aliphatic heterocycles. The number of carboxylic acid groups (broad SMARTS) is 1. The van der Waals surface area contributed by atoms with Gasteiger partial charge >= 0.3 is 5.97 Å². The van der Waals surface area contributed by atoms with Gasteiger partial charge in [0.2, 0.25) is 0 Å². The maximum Gasteiger partial charge on any atom is 0.335 e. The number of carbonyl (C=O) groups excluding carboxylic acids is 1. The summed E-state index contributed by atoms with van der Waals surface area (Å²) in [5.41, 5.74) is 0.751. The molecule has 0 aliphatic rings. The lowest BCUT2D eigenvalue weighted by Gasteiger charge is -2.17. The van der Waals surface area contributed by atoms with Crippen LogP contribution in [0.3, 0.4) is 0 Å². The predicted octanol–water partition coefficient (Wildman–Crippen LogP) is 7.72. The Morgan fingerprint density at radius 3 is 1.39 bits per heavy atom. The van der Waals surface area contributed by atoms with Crippen LogP contribution in [0.5, 0.6) is 0 Å². The molecule has 1 aromatic carbocycles. The van der Waals surface area contributed by atoms with E-state index in [1.165, 1.54) is 102 Å². The van der Waals surface area contributed by atoms with E-state index in [2.05, 4.69) is 6.92 Å². The molecule has 4 heteroatoms. The first kappa shape index (κ1) is 27.2. The number of carbonyl (C=O) groups is 2. The molecule has 0 atom stereocenters. The smallest absolute Gasteiger partial charge is 0.335 e. The third kappa shape index (κ3) is 13.2. The van der Waals surface area contributed by atoms with Crippen molar-refractivity contribution in [3.05, 3.63) is 35.4 Å². The normalized spacial score (nSPS) is 10.9. The van der Waals surface area contributed by atoms with Gasteiger partial charge < -0.3 is 10.0 Å². The molecule has 1 amide bonds. The number of amides is 1. The van der Waals surface area contributed by atoms with Gasteiger partial charge in [0.1, 0.15) is 0 Å². The first-order valence-electron chi connectivity index (χ1n) is 12.6. The van der Waals surface area contributed by atoms with Crippen LogP contribution in [0.1, 0.15) is 130 Å². The molecule has 0 aromatic heterocycles. The Morgan fingerprint density at radius 2 is 1.00 bits per heavy atom. The van der Waals surface area contributed by atoms with Crippen LogP contribution < -0.4 is 0 Å². The minimum atomic E-state index is -0.972. The van der Waals surface area contributed by atoms with Crippen molar-refractivity contribution in [3.8, 4) is 0 Å². The summed E-state index contributed by atoms with van der Waals surface area (Å²) in [6.45, 7) is 3.02. The lowest BCUT2D eigenvalue weighted by molar-refractivity contribution is 0.0695. The van der Waals surface area contributed by atoms with E-state index in [1.807, 2.05) is 7.05 Å². The largest absolute Gasteiger partial charge is 0.478 e. The van der Waals surface area contributed by atoms with E-state index in [1.54, 1.807) is 17.0 Å². The summed E-state index contributed by atoms with van der Waals surface area (Å²) >= 11 is 0. The van der Waals surface area contributed by atoms with Crippen molar-refractivity contribution < 1.29 is 14.7 Å². The lowest BCUT2D eigenvalue weighted by Crippen LogP contribution is -2.27. The summed E-state index contributed by atoms with van der Waals surface area (Å²) in [5, 5.41) is 8.94. The second kappa shape index (κ2) is 17.8. The molecule has 0 fully saturated rings. The van der Waals surface area contributed by atoms with Gasteiger partial charge in [0.25, 0.3) is 5.91 Å². The minimum Gasteiger partial charge on any atom is -0.478 e. The molecule has 4 nitrogen and oxygen atoms in total. The summed E-state index contributed by atoms with van der Waals surface area (Å²) < 4.78 is 0. The first-order chi connectivity index (χ1) is 15.1. The van der Waals surface area contributed by atoms with Gasteiger partial charge in [-0.05, 0) is 30.7 Å². The number of hydrogen-bond acceptors (Lipinski definition) is 2. The SMILES string of the molecule is CCCCCCCCCCCCCCCCCCN(C)C(=O)c1ccc(C(=O)O)cc1. The topological polar surface area (TPSA) is 57.6 Å². The van der Waals surface area contributed by atoms with E-state index in [9.17, 15) is 9.59 Å². The highest BCUT2D eigenvalue weighted by atomic mass is 16.4. The standard InChI is InChI=1S/C27H45NO3/c1-3-4-5-6-7-8-9-10-11-12-13-14-15-16-17-18-23-28(2)26(29)24-19-21-25(22-20-24)27(30)31/h19-22H,3-18,23H2,1-2H3,(H,30,31). The quantitative estimate of drug-likeness (QED) is 0.228. The van der Waals surface area contributed by atoms with Gasteiger partial charge in [0.15, 0.2) is 0 Å². The summed E-state index contributed by atoms with van der Waals surface area (Å²) in [5.74, 6) is -1.02. The zero-order valence-corrected chi connectivity index (χ0v) is 20.0. The summed E-state index contributed by atoms with van der Waals surface area (Å²) in [4.78, 5) is 25.0. The van der Waals surface area contributed by atoms with Crippen LogP contribution in [-0.2, 0) is 0 Å². The second-order valence-corrected chi connectivity index (χ2v) is 8.91. The lowest BCUT2D eigenvalue weighted by atomic mass is 10.0. The molecule has 0 aliphatic carbocycles. The van der Waals surface area contributed by atoms with Crippen molar-refractivity contribution in [2.45, 2.75) is 110 Å². The van der Waals surface area contributed by atoms with E-state index < -0.39 is 5.97 Å². The highest BCUT2D eigenvalue weighted by Gasteiger charge is 2.12. The number of nitrogens with zero attached hydrogens (tertiary/aromatic N) is 1. The Kier molecular flexibility index (Phi) is 15.6. The van der Waals surface area contributed by atoms with Crippen LogP contribution in [0.4, 0.5) is 0 Å². The number of aromatic carboxylic acids is 1. The van der Waals surface area contributed by atoms with Gasteiger partial charge in [0.05, 0.1) is 5.56 Å². The van der Waals surface area contributed by atoms with E-state index >= 15 is 0 Å². The molecule has 176 valence electrons. The van der Waals surface area contributed by atoms with E-state index in [4.69, 9.17) is 5.11 Å².